The Morgan fingerprint density at radius 2 is 1.86 bits per heavy atom. The van der Waals surface area contributed by atoms with Crippen LogP contribution in [-0.2, 0) is 11.3 Å². The molecule has 0 spiro atoms. The Balaban J connectivity index is 0.00000441. The van der Waals surface area contributed by atoms with E-state index in [9.17, 15) is 4.79 Å². The molecule has 0 saturated heterocycles. The van der Waals surface area contributed by atoms with E-state index in [2.05, 4.69) is 20.9 Å². The summed E-state index contributed by atoms with van der Waals surface area (Å²) in [6.07, 6.45) is 0. The van der Waals surface area contributed by atoms with Crippen LogP contribution in [0.1, 0.15) is 19.4 Å². The van der Waals surface area contributed by atoms with Crippen LogP contribution >= 0.6 is 47.2 Å². The number of guanidine groups is 1. The molecule has 5 nitrogen and oxygen atoms in total. The molecule has 22 heavy (non-hydrogen) atoms. The van der Waals surface area contributed by atoms with E-state index in [1.165, 1.54) is 6.92 Å². The number of nitrogens with one attached hydrogen (secondary N) is 3. The second-order valence-electron chi connectivity index (χ2n) is 4.34. The van der Waals surface area contributed by atoms with Crippen LogP contribution in [0.5, 0.6) is 0 Å². The first kappa shape index (κ1) is 21.3. The van der Waals surface area contributed by atoms with Gasteiger partial charge in [0.2, 0.25) is 5.91 Å². The summed E-state index contributed by atoms with van der Waals surface area (Å²) in [4.78, 5) is 15.2. The second-order valence-corrected chi connectivity index (χ2v) is 5.18. The average molecular weight is 459 g/mol. The predicted molar refractivity (Wildman–Crippen MR) is 103 cm³/mol. The maximum absolute atomic E-state index is 10.8. The molecular formula is C14H21Cl2IN4O. The molecule has 0 bridgehead atoms. The molecule has 8 heteroatoms. The first-order valence-corrected chi connectivity index (χ1v) is 7.49. The van der Waals surface area contributed by atoms with Gasteiger partial charge in [-0.05, 0) is 24.6 Å². The third-order valence-corrected chi connectivity index (χ3v) is 3.15. The van der Waals surface area contributed by atoms with E-state index in [4.69, 9.17) is 23.2 Å². The van der Waals surface area contributed by atoms with Gasteiger partial charge in [0, 0.05) is 36.6 Å². The van der Waals surface area contributed by atoms with Crippen molar-refractivity contribution in [1.29, 1.82) is 0 Å². The molecule has 124 valence electrons. The molecule has 0 aromatic heterocycles. The third kappa shape index (κ3) is 8.65. The lowest BCUT2D eigenvalue weighted by Crippen LogP contribution is -2.41. The van der Waals surface area contributed by atoms with Crippen LogP contribution in [0.2, 0.25) is 10.0 Å². The summed E-state index contributed by atoms with van der Waals surface area (Å²) in [5.74, 6) is 0.626. The molecular weight excluding hydrogens is 438 g/mol. The Kier molecular flexibility index (Phi) is 11.4. The number of carbonyl (C=O) groups excluding carboxylic acids is 1. The van der Waals surface area contributed by atoms with Gasteiger partial charge in [-0.3, -0.25) is 4.79 Å². The van der Waals surface area contributed by atoms with Crippen LogP contribution < -0.4 is 16.0 Å². The summed E-state index contributed by atoms with van der Waals surface area (Å²) >= 11 is 12.0. The van der Waals surface area contributed by atoms with Crippen LogP contribution in [0.25, 0.3) is 0 Å². The van der Waals surface area contributed by atoms with Crippen molar-refractivity contribution in [2.75, 3.05) is 19.6 Å². The highest BCUT2D eigenvalue weighted by Crippen LogP contribution is 2.21. The highest BCUT2D eigenvalue weighted by atomic mass is 127. The molecule has 0 unspecified atom stereocenters. The summed E-state index contributed by atoms with van der Waals surface area (Å²) in [5.41, 5.74) is 0.903. The lowest BCUT2D eigenvalue weighted by Gasteiger charge is -2.11. The number of hydrogen-bond donors (Lipinski definition) is 3. The molecule has 0 aliphatic heterocycles. The maximum Gasteiger partial charge on any atom is 0.216 e. The fraction of sp³-hybridized carbons (Fsp3) is 0.429. The monoisotopic (exact) mass is 458 g/mol. The van der Waals surface area contributed by atoms with Gasteiger partial charge in [0.15, 0.2) is 5.96 Å². The number of carbonyl (C=O) groups is 1. The van der Waals surface area contributed by atoms with Crippen LogP contribution in [0.4, 0.5) is 0 Å². The quantitative estimate of drug-likeness (QED) is 0.266. The van der Waals surface area contributed by atoms with Gasteiger partial charge in [-0.25, -0.2) is 4.99 Å². The number of hydrogen-bond acceptors (Lipinski definition) is 2. The normalized spacial score (nSPS) is 10.6. The number of benzene rings is 1. The van der Waals surface area contributed by atoms with Crippen molar-refractivity contribution in [1.82, 2.24) is 16.0 Å². The molecule has 1 amide bonds. The topological polar surface area (TPSA) is 65.5 Å². The Labute approximate surface area is 158 Å². The van der Waals surface area contributed by atoms with Crippen LogP contribution in [0.15, 0.2) is 23.2 Å². The number of rotatable bonds is 6. The van der Waals surface area contributed by atoms with Gasteiger partial charge >= 0.3 is 0 Å². The molecule has 0 aliphatic rings. The molecule has 0 radical (unpaired) electrons. The molecule has 1 aromatic carbocycles. The zero-order valence-electron chi connectivity index (χ0n) is 12.6. The molecule has 0 fully saturated rings. The Morgan fingerprint density at radius 3 is 2.45 bits per heavy atom. The minimum Gasteiger partial charge on any atom is -0.357 e. The molecule has 1 aromatic rings. The van der Waals surface area contributed by atoms with E-state index in [0.29, 0.717) is 35.6 Å². The lowest BCUT2D eigenvalue weighted by molar-refractivity contribution is -0.118. The Hall–Kier alpha value is -0.730. The van der Waals surface area contributed by atoms with Gasteiger partial charge in [0.25, 0.3) is 0 Å². The lowest BCUT2D eigenvalue weighted by atomic mass is 10.2. The molecule has 0 saturated carbocycles. The van der Waals surface area contributed by atoms with Crippen molar-refractivity contribution in [2.24, 2.45) is 4.99 Å². The van der Waals surface area contributed by atoms with Crippen molar-refractivity contribution in [3.63, 3.8) is 0 Å². The fourth-order valence-electron chi connectivity index (χ4n) is 1.58. The van der Waals surface area contributed by atoms with E-state index in [0.717, 1.165) is 12.1 Å². The Bertz CT molecular complexity index is 512. The Morgan fingerprint density at radius 1 is 1.18 bits per heavy atom. The first-order chi connectivity index (χ1) is 10.0. The molecule has 1 rings (SSSR count). The van der Waals surface area contributed by atoms with Gasteiger partial charge in [0.1, 0.15) is 0 Å². The van der Waals surface area contributed by atoms with Crippen molar-refractivity contribution in [3.05, 3.63) is 33.8 Å². The van der Waals surface area contributed by atoms with Gasteiger partial charge in [-0.2, -0.15) is 0 Å². The van der Waals surface area contributed by atoms with Gasteiger partial charge < -0.3 is 16.0 Å². The summed E-state index contributed by atoms with van der Waals surface area (Å²) in [6.45, 7) is 5.81. The van der Waals surface area contributed by atoms with Crippen LogP contribution in [-0.4, -0.2) is 31.5 Å². The summed E-state index contributed by atoms with van der Waals surface area (Å²) < 4.78 is 0. The first-order valence-electron chi connectivity index (χ1n) is 6.73. The molecule has 0 heterocycles. The minimum absolute atomic E-state index is 0. The highest BCUT2D eigenvalue weighted by Gasteiger charge is 2.02. The summed E-state index contributed by atoms with van der Waals surface area (Å²) in [6, 6.07) is 5.34. The number of aliphatic imine (C=N–C) groups is 1. The van der Waals surface area contributed by atoms with Crippen LogP contribution in [0.3, 0.4) is 0 Å². The fourth-order valence-corrected chi connectivity index (χ4v) is 2.04. The minimum atomic E-state index is -0.0494. The SMILES string of the molecule is CCNC(=NCc1ccc(Cl)cc1Cl)NCCNC(C)=O.I. The molecule has 0 atom stereocenters. The van der Waals surface area contributed by atoms with Gasteiger partial charge in [-0.1, -0.05) is 29.3 Å². The standard InChI is InChI=1S/C14H20Cl2N4O.HI/c1-3-17-14(19-7-6-18-10(2)21)20-9-11-4-5-12(15)8-13(11)16;/h4-5,8H,3,6-7,9H2,1-2H3,(H,18,21)(H2,17,19,20);1H. The number of halogens is 3. The average Bonchev–Trinajstić information content (AvgIpc) is 2.42. The van der Waals surface area contributed by atoms with E-state index in [-0.39, 0.29) is 29.9 Å². The predicted octanol–water partition coefficient (Wildman–Crippen LogP) is 2.80. The summed E-state index contributed by atoms with van der Waals surface area (Å²) in [7, 11) is 0. The highest BCUT2D eigenvalue weighted by molar-refractivity contribution is 14.0. The van der Waals surface area contributed by atoms with Crippen molar-refractivity contribution < 1.29 is 4.79 Å². The zero-order valence-corrected chi connectivity index (χ0v) is 16.4. The smallest absolute Gasteiger partial charge is 0.216 e. The molecule has 0 aliphatic carbocycles. The van der Waals surface area contributed by atoms with Crippen molar-refractivity contribution in [3.8, 4) is 0 Å². The van der Waals surface area contributed by atoms with Crippen molar-refractivity contribution >= 4 is 59.0 Å². The summed E-state index contributed by atoms with van der Waals surface area (Å²) in [5, 5.41) is 10.2. The van der Waals surface area contributed by atoms with E-state index >= 15 is 0 Å². The maximum atomic E-state index is 10.8. The largest absolute Gasteiger partial charge is 0.357 e. The number of nitrogens with zero attached hydrogens (tertiary/aromatic N) is 1. The van der Waals surface area contributed by atoms with Gasteiger partial charge in [0.05, 0.1) is 6.54 Å². The molecule has 3 N–H and O–H groups in total. The van der Waals surface area contributed by atoms with Crippen LogP contribution in [0, 0.1) is 0 Å². The number of amides is 1. The third-order valence-electron chi connectivity index (χ3n) is 2.56. The van der Waals surface area contributed by atoms with E-state index in [1.54, 1.807) is 12.1 Å². The second kappa shape index (κ2) is 11.8. The zero-order chi connectivity index (χ0) is 15.7. The van der Waals surface area contributed by atoms with Crippen molar-refractivity contribution in [2.45, 2.75) is 20.4 Å². The van der Waals surface area contributed by atoms with E-state index in [1.807, 2.05) is 13.0 Å². The van der Waals surface area contributed by atoms with E-state index < -0.39 is 0 Å². The van der Waals surface area contributed by atoms with Gasteiger partial charge in [-0.15, -0.1) is 24.0 Å².